The van der Waals surface area contributed by atoms with Crippen molar-refractivity contribution in [2.45, 2.75) is 165 Å². The van der Waals surface area contributed by atoms with E-state index in [4.69, 9.17) is 28.4 Å². The molecule has 0 aromatic rings. The molecule has 4 aliphatic heterocycles. The molecular weight excluding hydrogens is 664 g/mol. The number of ether oxygens (including phenoxy) is 6. The van der Waals surface area contributed by atoms with E-state index in [1.54, 1.807) is 0 Å². The molecule has 8 aliphatic rings. The summed E-state index contributed by atoms with van der Waals surface area (Å²) in [4.78, 5) is 0. The number of allylic oxidation sites excluding steroid dienone is 1. The summed E-state index contributed by atoms with van der Waals surface area (Å²) in [5.74, 6) is 0.859. The Morgan fingerprint density at radius 1 is 0.824 bits per heavy atom. The van der Waals surface area contributed by atoms with Gasteiger partial charge in [0.2, 0.25) is 0 Å². The molecule has 290 valence electrons. The lowest BCUT2D eigenvalue weighted by Gasteiger charge is -2.60. The van der Waals surface area contributed by atoms with Crippen molar-refractivity contribution < 1.29 is 64.2 Å². The van der Waals surface area contributed by atoms with Gasteiger partial charge in [0.25, 0.3) is 0 Å². The van der Waals surface area contributed by atoms with Gasteiger partial charge in [-0.15, -0.1) is 0 Å². The van der Waals surface area contributed by atoms with Crippen molar-refractivity contribution in [3.05, 3.63) is 11.6 Å². The number of rotatable bonds is 4. The summed E-state index contributed by atoms with van der Waals surface area (Å²) in [5, 5.41) is 75.0. The molecule has 1 spiro atoms. The lowest BCUT2D eigenvalue weighted by molar-refractivity contribution is -0.362. The Morgan fingerprint density at radius 3 is 2.33 bits per heavy atom. The molecule has 3 saturated carbocycles. The highest BCUT2D eigenvalue weighted by molar-refractivity contribution is 5.29. The second kappa shape index (κ2) is 13.2. The zero-order valence-electron chi connectivity index (χ0n) is 30.5. The molecule has 51 heavy (non-hydrogen) atoms. The topological polar surface area (TPSA) is 197 Å². The Labute approximate surface area is 300 Å². The molecule has 0 bridgehead atoms. The maximum atomic E-state index is 11.1. The zero-order chi connectivity index (χ0) is 36.4. The molecule has 4 heterocycles. The Kier molecular flexibility index (Phi) is 9.60. The molecule has 4 aliphatic carbocycles. The average Bonchev–Trinajstić information content (AvgIpc) is 3.53. The fraction of sp³-hybridized carbons (Fsp3) is 0.947. The molecule has 0 aromatic heterocycles. The number of hydrogen-bond acceptors (Lipinski definition) is 13. The van der Waals surface area contributed by atoms with Crippen molar-refractivity contribution in [3.8, 4) is 0 Å². The summed E-state index contributed by atoms with van der Waals surface area (Å²) < 4.78 is 37.8. The SMILES string of the molecule is C[C@H]1CO[C@]2(C[C@@H]1O)O[C@H]1C[C@@H]3[C@@H]4CC=C5C[C@@H](O)C[C@@H](O[C@H]6OC[C@@H](O)[C@H](O)[C@@H]6O[C@H]6O[C@H](C)[C@H](O)[C@@H](O)[C@H]6O)[C@]5(C)[C@@H]4CC[C@]3(C)[C@H]1[C@@H]2C. The fourth-order valence-corrected chi connectivity index (χ4v) is 12.4. The van der Waals surface area contributed by atoms with Gasteiger partial charge < -0.3 is 64.2 Å². The van der Waals surface area contributed by atoms with Gasteiger partial charge in [0.15, 0.2) is 18.4 Å². The standard InChI is InChI=1S/C38H60O13/c1-16-14-47-38(13-24(16)40)17(2)28-26(51-38)12-23-21-7-6-19-10-20(39)11-27(37(19,5)22(21)8-9-36(23,28)4)49-35-33(30(43)25(41)15-46-35)50-34-32(45)31(44)29(42)18(3)48-34/h6,16-18,20-35,39-45H,7-15H2,1-5H3/t16-,17-,18+,20+,21+,22+,23+,24-,25+,26-,27+,28-,29-,30-,31+,32+,33-,34+,35+,36-,37-,38+/m0/s1. The van der Waals surface area contributed by atoms with Gasteiger partial charge in [-0.1, -0.05) is 39.3 Å². The van der Waals surface area contributed by atoms with Crippen LogP contribution >= 0.6 is 0 Å². The maximum Gasteiger partial charge on any atom is 0.187 e. The van der Waals surface area contributed by atoms with Crippen LogP contribution in [0, 0.1) is 46.3 Å². The molecule has 0 amide bonds. The number of fused-ring (bicyclic) bond motifs is 7. The molecule has 13 heteroatoms. The van der Waals surface area contributed by atoms with Crippen LogP contribution in [0.4, 0.5) is 0 Å². The van der Waals surface area contributed by atoms with E-state index < -0.39 is 84.8 Å². The largest absolute Gasteiger partial charge is 0.393 e. The van der Waals surface area contributed by atoms with Gasteiger partial charge in [0.1, 0.15) is 36.6 Å². The lowest BCUT2D eigenvalue weighted by Crippen LogP contribution is -2.63. The minimum atomic E-state index is -1.62. The summed E-state index contributed by atoms with van der Waals surface area (Å²) in [6, 6.07) is 0. The summed E-state index contributed by atoms with van der Waals surface area (Å²) >= 11 is 0. The van der Waals surface area contributed by atoms with E-state index in [9.17, 15) is 35.7 Å². The molecule has 0 radical (unpaired) electrons. The smallest absolute Gasteiger partial charge is 0.187 e. The van der Waals surface area contributed by atoms with E-state index in [2.05, 4.69) is 26.8 Å². The van der Waals surface area contributed by atoms with E-state index in [1.165, 1.54) is 12.5 Å². The first-order chi connectivity index (χ1) is 24.1. The number of aliphatic hydroxyl groups excluding tert-OH is 7. The Morgan fingerprint density at radius 2 is 1.59 bits per heavy atom. The number of hydrogen-bond donors (Lipinski definition) is 7. The third kappa shape index (κ3) is 5.66. The molecule has 7 fully saturated rings. The van der Waals surface area contributed by atoms with E-state index >= 15 is 0 Å². The summed E-state index contributed by atoms with van der Waals surface area (Å²) in [5.41, 5.74) is 0.759. The molecule has 0 aromatic carbocycles. The highest BCUT2D eigenvalue weighted by Crippen LogP contribution is 2.71. The van der Waals surface area contributed by atoms with Crippen LogP contribution in [0.1, 0.15) is 79.6 Å². The van der Waals surface area contributed by atoms with E-state index in [0.29, 0.717) is 43.6 Å². The third-order valence-corrected chi connectivity index (χ3v) is 15.4. The van der Waals surface area contributed by atoms with Crippen molar-refractivity contribution in [2.24, 2.45) is 46.3 Å². The Hall–Kier alpha value is -0.780. The lowest BCUT2D eigenvalue weighted by atomic mass is 9.46. The Bertz CT molecular complexity index is 1330. The first-order valence-electron chi connectivity index (χ1n) is 19.4. The van der Waals surface area contributed by atoms with Gasteiger partial charge >= 0.3 is 0 Å². The van der Waals surface area contributed by atoms with Gasteiger partial charge in [-0.2, -0.15) is 0 Å². The monoisotopic (exact) mass is 724 g/mol. The molecule has 8 rings (SSSR count). The molecule has 22 atom stereocenters. The maximum absolute atomic E-state index is 11.1. The summed E-state index contributed by atoms with van der Waals surface area (Å²) in [7, 11) is 0. The van der Waals surface area contributed by atoms with Crippen LogP contribution in [0.25, 0.3) is 0 Å². The van der Waals surface area contributed by atoms with E-state index in [0.717, 1.165) is 25.7 Å². The molecule has 4 saturated heterocycles. The molecule has 7 N–H and O–H groups in total. The van der Waals surface area contributed by atoms with Crippen molar-refractivity contribution >= 4 is 0 Å². The zero-order valence-corrected chi connectivity index (χ0v) is 30.5. The normalized spacial score (nSPS) is 59.8. The van der Waals surface area contributed by atoms with Crippen molar-refractivity contribution in [2.75, 3.05) is 13.2 Å². The third-order valence-electron chi connectivity index (χ3n) is 15.4. The van der Waals surface area contributed by atoms with Crippen LogP contribution in [0.15, 0.2) is 11.6 Å². The summed E-state index contributed by atoms with van der Waals surface area (Å²) in [6.07, 6.45) is -5.94. The highest BCUT2D eigenvalue weighted by atomic mass is 16.8. The Balaban J connectivity index is 1.04. The van der Waals surface area contributed by atoms with Crippen molar-refractivity contribution in [1.29, 1.82) is 0 Å². The molecule has 13 nitrogen and oxygen atoms in total. The first kappa shape index (κ1) is 37.2. The van der Waals surface area contributed by atoms with Gasteiger partial charge in [-0.05, 0) is 68.1 Å². The second-order valence-electron chi connectivity index (χ2n) is 18.0. The molecule has 0 unspecified atom stereocenters. The molecular formula is C38H60O13. The van der Waals surface area contributed by atoms with Crippen LogP contribution in [0.2, 0.25) is 0 Å². The minimum absolute atomic E-state index is 0.0418. The highest BCUT2D eigenvalue weighted by Gasteiger charge is 2.70. The van der Waals surface area contributed by atoms with Crippen LogP contribution in [-0.4, -0.2) is 134 Å². The van der Waals surface area contributed by atoms with Crippen LogP contribution in [0.3, 0.4) is 0 Å². The average molecular weight is 725 g/mol. The first-order valence-corrected chi connectivity index (χ1v) is 19.4. The van der Waals surface area contributed by atoms with Gasteiger partial charge in [-0.25, -0.2) is 0 Å². The van der Waals surface area contributed by atoms with Gasteiger partial charge in [0, 0.05) is 30.1 Å². The second-order valence-corrected chi connectivity index (χ2v) is 18.0. The van der Waals surface area contributed by atoms with Crippen molar-refractivity contribution in [1.82, 2.24) is 0 Å². The van der Waals surface area contributed by atoms with Crippen LogP contribution in [0.5, 0.6) is 0 Å². The van der Waals surface area contributed by atoms with Crippen molar-refractivity contribution in [3.63, 3.8) is 0 Å². The van der Waals surface area contributed by atoms with E-state index in [1.807, 2.05) is 6.92 Å². The predicted molar refractivity (Wildman–Crippen MR) is 178 cm³/mol. The van der Waals surface area contributed by atoms with Crippen LogP contribution in [-0.2, 0) is 28.4 Å². The van der Waals surface area contributed by atoms with Gasteiger partial charge in [0.05, 0.1) is 43.7 Å². The summed E-state index contributed by atoms with van der Waals surface area (Å²) in [6.45, 7) is 10.8. The predicted octanol–water partition coefficient (Wildman–Crippen LogP) is 0.971. The van der Waals surface area contributed by atoms with E-state index in [-0.39, 0.29) is 35.9 Å². The van der Waals surface area contributed by atoms with Crippen LogP contribution < -0.4 is 0 Å². The number of aliphatic hydroxyl groups is 7. The quantitative estimate of drug-likeness (QED) is 0.203. The fourth-order valence-electron chi connectivity index (χ4n) is 12.4. The van der Waals surface area contributed by atoms with Gasteiger partial charge in [-0.3, -0.25) is 0 Å². The minimum Gasteiger partial charge on any atom is -0.393 e.